The maximum absolute atomic E-state index is 10.5. The molecule has 2 heterocycles. The Balaban J connectivity index is 1.99. The summed E-state index contributed by atoms with van der Waals surface area (Å²) < 4.78 is 22.8. The van der Waals surface area contributed by atoms with Crippen LogP contribution in [-0.4, -0.2) is 116 Å². The Morgan fingerprint density at radius 2 is 1.32 bits per heavy atom. The number of aliphatic hydroxyl groups is 7. The minimum absolute atomic E-state index is 0.0406. The lowest BCUT2D eigenvalue weighted by Gasteiger charge is -2.43. The second-order valence-corrected chi connectivity index (χ2v) is 10.4. The van der Waals surface area contributed by atoms with Crippen LogP contribution in [0.25, 0.3) is 0 Å². The van der Waals surface area contributed by atoms with Crippen LogP contribution >= 0.6 is 0 Å². The molecule has 11 heteroatoms. The molecule has 0 radical (unpaired) electrons. The first-order valence-corrected chi connectivity index (χ1v) is 14.0. The molecule has 2 saturated heterocycles. The Morgan fingerprint density at radius 3 is 1.92 bits per heavy atom. The second-order valence-electron chi connectivity index (χ2n) is 10.4. The van der Waals surface area contributed by atoms with Gasteiger partial charge in [-0.25, -0.2) is 0 Å². The fraction of sp³-hybridized carbons (Fsp3) is 1.00. The Hall–Kier alpha value is -0.440. The number of hydrogen-bond acceptors (Lipinski definition) is 11. The van der Waals surface area contributed by atoms with E-state index < -0.39 is 68.0 Å². The highest BCUT2D eigenvalue weighted by molar-refractivity contribution is 4.98. The fourth-order valence-corrected chi connectivity index (χ4v) is 4.93. The van der Waals surface area contributed by atoms with E-state index in [-0.39, 0.29) is 12.7 Å². The van der Waals surface area contributed by atoms with Crippen LogP contribution in [0.1, 0.15) is 84.5 Å². The van der Waals surface area contributed by atoms with Crippen molar-refractivity contribution in [3.8, 4) is 0 Å². The molecule has 2 rings (SSSR count). The summed E-state index contributed by atoms with van der Waals surface area (Å²) >= 11 is 0. The smallest absolute Gasteiger partial charge is 0.224 e. The molecule has 10 atom stereocenters. The highest BCUT2D eigenvalue weighted by Crippen LogP contribution is 2.36. The Bertz CT molecular complexity index is 611. The van der Waals surface area contributed by atoms with Gasteiger partial charge in [0.05, 0.1) is 19.3 Å². The molecule has 0 aromatic heterocycles. The van der Waals surface area contributed by atoms with Gasteiger partial charge in [0.2, 0.25) is 5.79 Å². The van der Waals surface area contributed by atoms with E-state index in [4.69, 9.17) is 18.9 Å². The summed E-state index contributed by atoms with van der Waals surface area (Å²) in [5, 5.41) is 71.2. The van der Waals surface area contributed by atoms with Gasteiger partial charge in [-0.1, -0.05) is 71.6 Å². The van der Waals surface area contributed by atoms with Crippen molar-refractivity contribution in [3.63, 3.8) is 0 Å². The van der Waals surface area contributed by atoms with Crippen molar-refractivity contribution in [3.05, 3.63) is 0 Å². The van der Waals surface area contributed by atoms with Crippen molar-refractivity contribution in [2.45, 2.75) is 145 Å². The third-order valence-electron chi connectivity index (χ3n) is 7.40. The Morgan fingerprint density at radius 1 is 0.730 bits per heavy atom. The largest absolute Gasteiger partial charge is 0.394 e. The second kappa shape index (κ2) is 16.6. The highest BCUT2D eigenvalue weighted by atomic mass is 16.8. The van der Waals surface area contributed by atoms with Crippen LogP contribution in [0.2, 0.25) is 0 Å². The van der Waals surface area contributed by atoms with Crippen LogP contribution < -0.4 is 0 Å². The van der Waals surface area contributed by atoms with Crippen molar-refractivity contribution < 1.29 is 54.7 Å². The van der Waals surface area contributed by atoms with Gasteiger partial charge in [-0.2, -0.15) is 0 Å². The molecule has 37 heavy (non-hydrogen) atoms. The molecule has 11 nitrogen and oxygen atoms in total. The number of ether oxygens (including phenoxy) is 4. The molecule has 220 valence electrons. The van der Waals surface area contributed by atoms with Crippen LogP contribution in [0.4, 0.5) is 0 Å². The number of aliphatic hydroxyl groups excluding tert-OH is 7. The minimum Gasteiger partial charge on any atom is -0.394 e. The zero-order chi connectivity index (χ0) is 27.4. The first-order chi connectivity index (χ1) is 17.7. The van der Waals surface area contributed by atoms with Crippen molar-refractivity contribution in [1.29, 1.82) is 0 Å². The summed E-state index contributed by atoms with van der Waals surface area (Å²) in [5.41, 5.74) is 0. The average molecular weight is 539 g/mol. The lowest BCUT2D eigenvalue weighted by atomic mass is 9.98. The predicted octanol–water partition coefficient (Wildman–Crippen LogP) is 0.328. The molecule has 0 aromatic rings. The zero-order valence-corrected chi connectivity index (χ0v) is 22.4. The van der Waals surface area contributed by atoms with Gasteiger partial charge in [0.15, 0.2) is 6.29 Å². The molecule has 2 fully saturated rings. The van der Waals surface area contributed by atoms with Crippen LogP contribution in [0.15, 0.2) is 0 Å². The molecule has 0 amide bonds. The third kappa shape index (κ3) is 9.04. The quantitative estimate of drug-likeness (QED) is 0.120. The lowest BCUT2D eigenvalue weighted by Crippen LogP contribution is -2.63. The summed E-state index contributed by atoms with van der Waals surface area (Å²) in [6.45, 7) is 2.69. The summed E-state index contributed by atoms with van der Waals surface area (Å²) in [7, 11) is 0. The monoisotopic (exact) mass is 538 g/mol. The van der Waals surface area contributed by atoms with Crippen LogP contribution in [0.3, 0.4) is 0 Å². The average Bonchev–Trinajstić information content (AvgIpc) is 3.14. The Labute approximate surface area is 220 Å². The van der Waals surface area contributed by atoms with Crippen molar-refractivity contribution in [2.24, 2.45) is 0 Å². The number of rotatable bonds is 18. The van der Waals surface area contributed by atoms with E-state index in [0.717, 1.165) is 44.9 Å². The van der Waals surface area contributed by atoms with Crippen molar-refractivity contribution in [1.82, 2.24) is 0 Å². The van der Waals surface area contributed by atoms with Gasteiger partial charge in [0, 0.05) is 0 Å². The normalized spacial score (nSPS) is 37.2. The van der Waals surface area contributed by atoms with Crippen LogP contribution in [0, 0.1) is 0 Å². The molecule has 2 aliphatic heterocycles. The first kappa shape index (κ1) is 32.8. The third-order valence-corrected chi connectivity index (χ3v) is 7.40. The maximum atomic E-state index is 10.5. The summed E-state index contributed by atoms with van der Waals surface area (Å²) in [4.78, 5) is 0. The molecule has 2 aliphatic rings. The van der Waals surface area contributed by atoms with Gasteiger partial charge in [-0.05, 0) is 12.8 Å². The van der Waals surface area contributed by atoms with E-state index in [1.165, 1.54) is 25.7 Å². The summed E-state index contributed by atoms with van der Waals surface area (Å²) in [5.74, 6) is -2.20. The zero-order valence-electron chi connectivity index (χ0n) is 22.4. The van der Waals surface area contributed by atoms with E-state index in [9.17, 15) is 35.7 Å². The number of hydrogen-bond donors (Lipinski definition) is 7. The van der Waals surface area contributed by atoms with Crippen molar-refractivity contribution >= 4 is 0 Å². The van der Waals surface area contributed by atoms with Gasteiger partial charge in [0.1, 0.15) is 49.3 Å². The van der Waals surface area contributed by atoms with Gasteiger partial charge in [-0.3, -0.25) is 0 Å². The molecule has 0 spiro atoms. The van der Waals surface area contributed by atoms with Gasteiger partial charge >= 0.3 is 0 Å². The first-order valence-electron chi connectivity index (χ1n) is 14.0. The topological polar surface area (TPSA) is 179 Å². The van der Waals surface area contributed by atoms with Crippen LogP contribution in [0.5, 0.6) is 0 Å². The van der Waals surface area contributed by atoms with Crippen LogP contribution in [-0.2, 0) is 18.9 Å². The molecule has 1 unspecified atom stereocenters. The summed E-state index contributed by atoms with van der Waals surface area (Å²) in [6, 6.07) is 0. The maximum Gasteiger partial charge on any atom is 0.224 e. The lowest BCUT2D eigenvalue weighted by molar-refractivity contribution is -0.384. The molecule has 0 saturated carbocycles. The van der Waals surface area contributed by atoms with E-state index in [0.29, 0.717) is 0 Å². The Kier molecular flexibility index (Phi) is 14.7. The van der Waals surface area contributed by atoms with Gasteiger partial charge in [-0.15, -0.1) is 0 Å². The van der Waals surface area contributed by atoms with E-state index in [2.05, 4.69) is 13.8 Å². The molecular formula is C26H50O11. The van der Waals surface area contributed by atoms with E-state index in [1.807, 2.05) is 0 Å². The standard InChI is InChI=1S/C26H50O11/c1-3-5-7-8-9-11-13-17(12-10-6-4-2)34-15-19-20(29)22(31)23(32)25(35-19)37-26(16-28)24(33)21(30)18(14-27)36-26/h17-25,27-33H,3-16H2,1-2H3/t17?,18-,19-,20-,21-,22+,23-,24+,25-,26+/m1/s1. The summed E-state index contributed by atoms with van der Waals surface area (Å²) in [6.07, 6.45) is -0.174. The molecule has 0 aliphatic carbocycles. The molecule has 7 N–H and O–H groups in total. The predicted molar refractivity (Wildman–Crippen MR) is 133 cm³/mol. The van der Waals surface area contributed by atoms with Crippen molar-refractivity contribution in [2.75, 3.05) is 19.8 Å². The van der Waals surface area contributed by atoms with E-state index in [1.54, 1.807) is 0 Å². The van der Waals surface area contributed by atoms with Gasteiger partial charge < -0.3 is 54.7 Å². The van der Waals surface area contributed by atoms with E-state index >= 15 is 0 Å². The van der Waals surface area contributed by atoms with Gasteiger partial charge in [0.25, 0.3) is 0 Å². The molecule has 0 bridgehead atoms. The fourth-order valence-electron chi connectivity index (χ4n) is 4.93. The number of unbranched alkanes of at least 4 members (excludes halogenated alkanes) is 7. The minimum atomic E-state index is -2.20. The SMILES string of the molecule is CCCCCCCCC(CCCCC)OC[C@H]1O[C@H](O[C@]2(CO)O[C@H](CO)[C@@H](O)[C@@H]2O)[C@H](O)[C@@H](O)[C@@H]1O. The molecule has 0 aromatic carbocycles. The molecular weight excluding hydrogens is 488 g/mol. The highest BCUT2D eigenvalue weighted by Gasteiger charge is 2.58.